The predicted octanol–water partition coefficient (Wildman–Crippen LogP) is 4.99. The minimum absolute atomic E-state index is 0.181. The van der Waals surface area contributed by atoms with E-state index in [0.717, 1.165) is 5.56 Å². The molecule has 0 unspecified atom stereocenters. The van der Waals surface area contributed by atoms with Gasteiger partial charge in [0.1, 0.15) is 34.4 Å². The van der Waals surface area contributed by atoms with Crippen molar-refractivity contribution in [3.05, 3.63) is 59.7 Å². The predicted molar refractivity (Wildman–Crippen MR) is 135 cm³/mol. The van der Waals surface area contributed by atoms with Gasteiger partial charge >= 0.3 is 0 Å². The lowest BCUT2D eigenvalue weighted by Crippen LogP contribution is -2.11. The van der Waals surface area contributed by atoms with Crippen LogP contribution in [-0.2, 0) is 19.4 Å². The number of ether oxygens (including phenoxy) is 1. The third kappa shape index (κ3) is 4.09. The van der Waals surface area contributed by atoms with Gasteiger partial charge in [-0.2, -0.15) is 23.8 Å². The summed E-state index contributed by atoms with van der Waals surface area (Å²) in [4.78, 5) is 18.0. The van der Waals surface area contributed by atoms with Gasteiger partial charge in [0.05, 0.1) is 24.7 Å². The normalized spacial score (nSPS) is 14.1. The van der Waals surface area contributed by atoms with Crippen molar-refractivity contribution < 1.29 is 13.5 Å². The second-order valence-corrected chi connectivity index (χ2v) is 8.84. The maximum atomic E-state index is 14.3. The molecule has 0 aliphatic heterocycles. The van der Waals surface area contributed by atoms with E-state index in [-0.39, 0.29) is 17.9 Å². The summed E-state index contributed by atoms with van der Waals surface area (Å²) in [6.07, 6.45) is 1.76. The maximum Gasteiger partial charge on any atom is 0.290 e. The minimum Gasteiger partial charge on any atom is -0.494 e. The smallest absolute Gasteiger partial charge is 0.290 e. The Morgan fingerprint density at radius 1 is 1.05 bits per heavy atom. The molecular weight excluding hydrogens is 480 g/mol. The first-order valence-electron chi connectivity index (χ1n) is 11.6. The first-order valence-corrected chi connectivity index (χ1v) is 11.6. The lowest BCUT2D eigenvalue weighted by molar-refractivity contribution is -0.00581. The van der Waals surface area contributed by atoms with Crippen LogP contribution in [0.15, 0.2) is 42.6 Å². The molecule has 10 nitrogen and oxygen atoms in total. The largest absolute Gasteiger partial charge is 0.494 e. The summed E-state index contributed by atoms with van der Waals surface area (Å²) >= 11 is 0. The van der Waals surface area contributed by atoms with Gasteiger partial charge in [0.2, 0.25) is 0 Å². The lowest BCUT2D eigenvalue weighted by atomic mass is 10.1. The van der Waals surface area contributed by atoms with E-state index in [9.17, 15) is 8.78 Å². The van der Waals surface area contributed by atoms with Gasteiger partial charge in [-0.3, -0.25) is 0 Å². The molecule has 0 saturated heterocycles. The van der Waals surface area contributed by atoms with Crippen LogP contribution in [0, 0.1) is 6.92 Å². The summed E-state index contributed by atoms with van der Waals surface area (Å²) in [5, 5.41) is 15.0. The van der Waals surface area contributed by atoms with E-state index in [1.165, 1.54) is 4.80 Å². The number of fused-ring (bicyclic) bond motifs is 2. The number of nitrogens with one attached hydrogen (secondary N) is 3. The average Bonchev–Trinajstić information content (AvgIpc) is 3.55. The van der Waals surface area contributed by atoms with Crippen LogP contribution < -0.4 is 15.4 Å². The molecule has 4 aromatic heterocycles. The molecule has 0 saturated carbocycles. The zero-order valence-electron chi connectivity index (χ0n) is 20.3. The molecule has 12 heteroatoms. The Balaban J connectivity index is 1.39. The van der Waals surface area contributed by atoms with Gasteiger partial charge in [0.15, 0.2) is 11.4 Å². The molecule has 0 amide bonds. The number of anilines is 4. The summed E-state index contributed by atoms with van der Waals surface area (Å²) in [5.74, 6) is -0.967. The van der Waals surface area contributed by atoms with Crippen LogP contribution >= 0.6 is 0 Å². The molecule has 0 radical (unpaired) electrons. The number of benzene rings is 1. The molecule has 0 bridgehead atoms. The fourth-order valence-corrected chi connectivity index (χ4v) is 4.55. The van der Waals surface area contributed by atoms with Crippen molar-refractivity contribution in [1.29, 1.82) is 0 Å². The van der Waals surface area contributed by atoms with Crippen molar-refractivity contribution in [3.8, 4) is 17.0 Å². The quantitative estimate of drug-likeness (QED) is 0.297. The number of aromatic nitrogens is 7. The number of pyridine rings is 2. The van der Waals surface area contributed by atoms with Crippen molar-refractivity contribution >= 4 is 34.2 Å². The van der Waals surface area contributed by atoms with E-state index < -0.39 is 5.92 Å². The third-order valence-electron chi connectivity index (χ3n) is 6.23. The Bertz CT molecular complexity index is 1640. The first-order chi connectivity index (χ1) is 17.8. The second kappa shape index (κ2) is 8.50. The zero-order chi connectivity index (χ0) is 25.7. The Morgan fingerprint density at radius 3 is 2.70 bits per heavy atom. The zero-order valence-corrected chi connectivity index (χ0v) is 20.3. The third-order valence-corrected chi connectivity index (χ3v) is 6.23. The Hall–Kier alpha value is -4.61. The van der Waals surface area contributed by atoms with Gasteiger partial charge in [0.25, 0.3) is 5.92 Å². The van der Waals surface area contributed by atoms with E-state index in [4.69, 9.17) is 4.74 Å². The number of nitrogens with zero attached hydrogens (tertiary/aromatic N) is 6. The monoisotopic (exact) mass is 503 g/mol. The maximum absolute atomic E-state index is 14.3. The summed E-state index contributed by atoms with van der Waals surface area (Å²) in [7, 11) is 3.33. The van der Waals surface area contributed by atoms with Crippen LogP contribution in [0.2, 0.25) is 0 Å². The number of para-hydroxylation sites is 1. The van der Waals surface area contributed by atoms with Gasteiger partial charge in [-0.15, -0.1) is 0 Å². The number of aryl methyl sites for hydroxylation is 3. The highest BCUT2D eigenvalue weighted by Crippen LogP contribution is 2.41. The van der Waals surface area contributed by atoms with Crippen LogP contribution in [0.1, 0.15) is 23.5 Å². The number of H-pyrrole nitrogens is 1. The Kier molecular flexibility index (Phi) is 5.25. The van der Waals surface area contributed by atoms with Crippen molar-refractivity contribution in [3.63, 3.8) is 0 Å². The second-order valence-electron chi connectivity index (χ2n) is 8.84. The number of hydrogen-bond donors (Lipinski definition) is 3. The summed E-state index contributed by atoms with van der Waals surface area (Å²) < 4.78 is 34.2. The van der Waals surface area contributed by atoms with Crippen molar-refractivity contribution in [2.24, 2.45) is 7.05 Å². The minimum atomic E-state index is -2.93. The average molecular weight is 504 g/mol. The van der Waals surface area contributed by atoms with Gasteiger partial charge < -0.3 is 20.4 Å². The van der Waals surface area contributed by atoms with Crippen molar-refractivity contribution in [1.82, 2.24) is 34.9 Å². The summed E-state index contributed by atoms with van der Waals surface area (Å²) in [5.41, 5.74) is 4.29. The van der Waals surface area contributed by atoms with Gasteiger partial charge in [-0.05, 0) is 37.1 Å². The van der Waals surface area contributed by atoms with Crippen LogP contribution in [-0.4, -0.2) is 42.0 Å². The Labute approximate surface area is 210 Å². The molecule has 1 aromatic carbocycles. The highest BCUT2D eigenvalue weighted by Gasteiger charge is 2.41. The summed E-state index contributed by atoms with van der Waals surface area (Å²) in [6.45, 7) is 1.83. The highest BCUT2D eigenvalue weighted by molar-refractivity contribution is 5.92. The van der Waals surface area contributed by atoms with E-state index in [0.29, 0.717) is 57.6 Å². The van der Waals surface area contributed by atoms with Crippen LogP contribution in [0.25, 0.3) is 22.4 Å². The molecule has 5 aromatic rings. The van der Waals surface area contributed by atoms with E-state index in [2.05, 4.69) is 40.8 Å². The van der Waals surface area contributed by atoms with E-state index in [1.807, 2.05) is 25.1 Å². The number of hydrogen-bond acceptors (Lipinski definition) is 8. The van der Waals surface area contributed by atoms with Gasteiger partial charge in [-0.25, -0.2) is 15.0 Å². The van der Waals surface area contributed by atoms with Crippen LogP contribution in [0.4, 0.5) is 31.8 Å². The van der Waals surface area contributed by atoms with E-state index >= 15 is 0 Å². The molecule has 1 aliphatic rings. The van der Waals surface area contributed by atoms with Crippen molar-refractivity contribution in [2.45, 2.75) is 25.7 Å². The lowest BCUT2D eigenvalue weighted by Gasteiger charge is -2.15. The number of imidazole rings is 1. The standard InChI is InChI=1S/C25H23F2N9O/c1-13-29-21-17(31-16-6-4-5-15(22(16)37-3)18-12-28-36(2)35-18)11-20(34-24(21)30-13)32-19-8-7-14-9-10-25(26,27)23(14)33-19/h4-8,11-12H,9-10H2,1-3H3,(H3,29,30,31,32,33,34). The number of halogens is 2. The Morgan fingerprint density at radius 2 is 1.92 bits per heavy atom. The molecule has 6 rings (SSSR count). The molecule has 37 heavy (non-hydrogen) atoms. The van der Waals surface area contributed by atoms with Crippen LogP contribution in [0.5, 0.6) is 5.75 Å². The topological polar surface area (TPSA) is 118 Å². The SMILES string of the molecule is COc1c(Nc2cc(Nc3ccc4c(n3)C(F)(F)CC4)nc3[nH]c(C)nc23)cccc1-c1cnn(C)n1. The van der Waals surface area contributed by atoms with Crippen molar-refractivity contribution in [2.75, 3.05) is 17.7 Å². The first kappa shape index (κ1) is 22.8. The number of rotatable bonds is 6. The molecule has 0 atom stereocenters. The van der Waals surface area contributed by atoms with Gasteiger partial charge in [-0.1, -0.05) is 12.1 Å². The number of aromatic amines is 1. The molecule has 188 valence electrons. The van der Waals surface area contributed by atoms with Crippen LogP contribution in [0.3, 0.4) is 0 Å². The molecule has 3 N–H and O–H groups in total. The molecular formula is C25H23F2N9O. The number of methoxy groups -OCH3 is 1. The fraction of sp³-hybridized carbons (Fsp3) is 0.240. The molecule has 4 heterocycles. The molecule has 0 fully saturated rings. The van der Waals surface area contributed by atoms with Gasteiger partial charge in [0, 0.05) is 25.1 Å². The number of alkyl halides is 2. The molecule has 0 spiro atoms. The fourth-order valence-electron chi connectivity index (χ4n) is 4.55. The van der Waals surface area contributed by atoms with E-state index in [1.54, 1.807) is 38.6 Å². The summed E-state index contributed by atoms with van der Waals surface area (Å²) in [6, 6.07) is 10.8. The molecule has 1 aliphatic carbocycles. The highest BCUT2D eigenvalue weighted by atomic mass is 19.3.